The summed E-state index contributed by atoms with van der Waals surface area (Å²) in [6, 6.07) is 18.8. The van der Waals surface area contributed by atoms with Gasteiger partial charge in [-0.2, -0.15) is 0 Å². The minimum atomic E-state index is -1.22. The average Bonchev–Trinajstić information content (AvgIpc) is 2.91. The summed E-state index contributed by atoms with van der Waals surface area (Å²) in [4.78, 5) is 0. The molecule has 0 spiro atoms. The summed E-state index contributed by atoms with van der Waals surface area (Å²) in [6.45, 7) is -1.22. The fraction of sp³-hybridized carbons (Fsp3) is 0.600. The van der Waals surface area contributed by atoms with Crippen molar-refractivity contribution in [3.8, 4) is 11.1 Å². The van der Waals surface area contributed by atoms with E-state index in [-0.39, 0.29) is 20.4 Å². The van der Waals surface area contributed by atoms with Crippen LogP contribution in [-0.4, -0.2) is 17.0 Å². The van der Waals surface area contributed by atoms with Crippen molar-refractivity contribution in [2.24, 2.45) is 0 Å². The summed E-state index contributed by atoms with van der Waals surface area (Å²) in [5.41, 5.74) is 11.6. The smallest absolute Gasteiger partial charge is 0.122 e. The number of halogens is 1. The SMILES string of the molecule is Cl[P+](C1CCCCC1)(C1CCCCC1)C1CCCCC1.Nc1ccccc1-c1[c-]cccc1.[Pd]. The predicted octanol–water partition coefficient (Wildman–Crippen LogP) is 9.89. The van der Waals surface area contributed by atoms with E-state index < -0.39 is 6.62 Å². The zero-order valence-corrected chi connectivity index (χ0v) is 23.9. The molecule has 0 radical (unpaired) electrons. The van der Waals surface area contributed by atoms with Crippen molar-refractivity contribution in [1.29, 1.82) is 0 Å². The summed E-state index contributed by atoms with van der Waals surface area (Å²) < 4.78 is 0. The summed E-state index contributed by atoms with van der Waals surface area (Å²) in [7, 11) is 0. The first-order chi connectivity index (χ1) is 16.2. The topological polar surface area (TPSA) is 26.0 Å². The summed E-state index contributed by atoms with van der Waals surface area (Å²) in [6.07, 6.45) is 22.1. The van der Waals surface area contributed by atoms with Gasteiger partial charge in [0.15, 0.2) is 0 Å². The first-order valence-electron chi connectivity index (χ1n) is 13.6. The van der Waals surface area contributed by atoms with Gasteiger partial charge in [0.1, 0.15) is 6.62 Å². The zero-order valence-electron chi connectivity index (χ0n) is 20.7. The molecular weight excluding hydrogens is 547 g/mol. The van der Waals surface area contributed by atoms with Gasteiger partial charge in [-0.25, -0.2) is 0 Å². The first-order valence-corrected chi connectivity index (χ1v) is 16.5. The van der Waals surface area contributed by atoms with Crippen LogP contribution < -0.4 is 5.73 Å². The number of hydrogen-bond acceptors (Lipinski definition) is 1. The normalized spacial score (nSPS) is 20.6. The van der Waals surface area contributed by atoms with Gasteiger partial charge >= 0.3 is 0 Å². The molecule has 2 aromatic carbocycles. The van der Waals surface area contributed by atoms with E-state index in [0.29, 0.717) is 0 Å². The van der Waals surface area contributed by atoms with Crippen LogP contribution in [0.25, 0.3) is 11.1 Å². The van der Waals surface area contributed by atoms with E-state index in [0.717, 1.165) is 33.8 Å². The molecule has 0 saturated heterocycles. The molecule has 34 heavy (non-hydrogen) atoms. The Bertz CT molecular complexity index is 781. The van der Waals surface area contributed by atoms with Crippen molar-refractivity contribution in [2.75, 3.05) is 5.73 Å². The molecule has 0 unspecified atom stereocenters. The minimum absolute atomic E-state index is 0. The van der Waals surface area contributed by atoms with Gasteiger partial charge in [0.2, 0.25) is 0 Å². The van der Waals surface area contributed by atoms with E-state index in [2.05, 4.69) is 6.07 Å². The second-order valence-electron chi connectivity index (χ2n) is 10.5. The van der Waals surface area contributed by atoms with Crippen LogP contribution in [-0.2, 0) is 20.4 Å². The number of benzene rings is 2. The Morgan fingerprint density at radius 1 is 0.647 bits per heavy atom. The van der Waals surface area contributed by atoms with Crippen LogP contribution in [0.5, 0.6) is 0 Å². The molecule has 0 aromatic heterocycles. The third kappa shape index (κ3) is 7.10. The fourth-order valence-electron chi connectivity index (χ4n) is 6.63. The molecule has 3 aliphatic rings. The number of para-hydroxylation sites is 1. The van der Waals surface area contributed by atoms with Crippen LogP contribution in [0.4, 0.5) is 5.69 Å². The molecular formula is C30H43ClNPPd. The molecule has 5 rings (SSSR count). The Labute approximate surface area is 227 Å². The quantitative estimate of drug-likeness (QED) is 0.163. The van der Waals surface area contributed by atoms with Crippen LogP contribution in [0, 0.1) is 6.07 Å². The average molecular weight is 591 g/mol. The van der Waals surface area contributed by atoms with E-state index in [1.54, 1.807) is 0 Å². The monoisotopic (exact) mass is 589 g/mol. The molecule has 3 aliphatic carbocycles. The number of nitrogen functional groups attached to an aromatic ring is 1. The van der Waals surface area contributed by atoms with Crippen LogP contribution >= 0.6 is 17.9 Å². The molecule has 190 valence electrons. The number of rotatable bonds is 4. The summed E-state index contributed by atoms with van der Waals surface area (Å²) in [5, 5.41) is 0. The van der Waals surface area contributed by atoms with Gasteiger partial charge in [-0.1, -0.05) is 43.0 Å². The first kappa shape index (κ1) is 28.2. The molecule has 3 fully saturated rings. The maximum atomic E-state index is 7.69. The van der Waals surface area contributed by atoms with E-state index in [1.807, 2.05) is 48.5 Å². The molecule has 1 nitrogen and oxygen atoms in total. The number of nitrogens with two attached hydrogens (primary N) is 1. The second kappa shape index (κ2) is 14.4. The van der Waals surface area contributed by atoms with E-state index in [9.17, 15) is 0 Å². The molecule has 0 bridgehead atoms. The molecule has 0 heterocycles. The van der Waals surface area contributed by atoms with Crippen LogP contribution in [0.3, 0.4) is 0 Å². The second-order valence-corrected chi connectivity index (χ2v) is 15.9. The predicted molar refractivity (Wildman–Crippen MR) is 149 cm³/mol. The molecule has 4 heteroatoms. The number of hydrogen-bond donors (Lipinski definition) is 1. The van der Waals surface area contributed by atoms with Gasteiger partial charge in [0, 0.05) is 20.4 Å². The molecule has 2 aromatic rings. The van der Waals surface area contributed by atoms with E-state index in [1.165, 1.54) is 96.3 Å². The molecule has 0 atom stereocenters. The number of anilines is 1. The third-order valence-corrected chi connectivity index (χ3v) is 15.8. The Morgan fingerprint density at radius 3 is 1.50 bits per heavy atom. The van der Waals surface area contributed by atoms with Crippen LogP contribution in [0.1, 0.15) is 96.3 Å². The van der Waals surface area contributed by atoms with Crippen molar-refractivity contribution in [2.45, 2.75) is 113 Å². The zero-order chi connectivity index (χ0) is 22.9. The molecule has 0 aliphatic heterocycles. The Morgan fingerprint density at radius 2 is 1.09 bits per heavy atom. The third-order valence-electron chi connectivity index (χ3n) is 8.36. The van der Waals surface area contributed by atoms with Crippen molar-refractivity contribution >= 4 is 23.5 Å². The van der Waals surface area contributed by atoms with Crippen molar-refractivity contribution < 1.29 is 20.4 Å². The van der Waals surface area contributed by atoms with Gasteiger partial charge in [-0.3, -0.25) is 0 Å². The van der Waals surface area contributed by atoms with Gasteiger partial charge in [-0.15, -0.1) is 35.9 Å². The van der Waals surface area contributed by atoms with Gasteiger partial charge in [0.05, 0.1) is 28.2 Å². The maximum Gasteiger partial charge on any atom is 0.122 e. The summed E-state index contributed by atoms with van der Waals surface area (Å²) in [5.74, 6) is 0. The largest absolute Gasteiger partial charge is 0.406 e. The van der Waals surface area contributed by atoms with Gasteiger partial charge in [-0.05, 0) is 88.8 Å². The molecule has 3 saturated carbocycles. The van der Waals surface area contributed by atoms with Crippen molar-refractivity contribution in [3.63, 3.8) is 0 Å². The molecule has 2 N–H and O–H groups in total. The Hall–Kier alpha value is -0.378. The Kier molecular flexibility index (Phi) is 11.9. The fourth-order valence-corrected chi connectivity index (χ4v) is 13.6. The standard InChI is InChI=1S/C18H33ClP.C12H10N.Pd/c19-20(16-10-4-1-5-11-16,17-12-6-2-7-13-17)18-14-8-3-9-15-18;13-12-9-5-4-8-11(12)10-6-2-1-3-7-10;/h16-18H,1-15H2;1-6,8-9H,13H2;/q+1;-1;. The van der Waals surface area contributed by atoms with Gasteiger partial charge < -0.3 is 5.73 Å². The van der Waals surface area contributed by atoms with Crippen molar-refractivity contribution in [1.82, 2.24) is 0 Å². The Balaban J connectivity index is 0.000000201. The van der Waals surface area contributed by atoms with Gasteiger partial charge in [0.25, 0.3) is 0 Å². The van der Waals surface area contributed by atoms with Crippen LogP contribution in [0.15, 0.2) is 48.5 Å². The maximum absolute atomic E-state index is 7.69. The van der Waals surface area contributed by atoms with Crippen molar-refractivity contribution in [3.05, 3.63) is 54.6 Å². The van der Waals surface area contributed by atoms with Crippen LogP contribution in [0.2, 0.25) is 0 Å². The van der Waals surface area contributed by atoms with E-state index >= 15 is 0 Å². The summed E-state index contributed by atoms with van der Waals surface area (Å²) >= 11 is 7.69. The molecule has 0 amide bonds. The minimum Gasteiger partial charge on any atom is -0.406 e. The van der Waals surface area contributed by atoms with E-state index in [4.69, 9.17) is 17.0 Å².